The van der Waals surface area contributed by atoms with E-state index in [4.69, 9.17) is 11.6 Å². The molecule has 3 rings (SSSR count). The van der Waals surface area contributed by atoms with Gasteiger partial charge in [-0.1, -0.05) is 51.8 Å². The Labute approximate surface area is 215 Å². The number of aryl methyl sites for hydroxylation is 3. The average Bonchev–Trinajstić information content (AvgIpc) is 2.77. The normalized spacial score (nSPS) is 12.6. The summed E-state index contributed by atoms with van der Waals surface area (Å²) in [5.74, 6) is -0.375. The minimum absolute atomic E-state index is 0.0582. The van der Waals surface area contributed by atoms with E-state index in [1.165, 1.54) is 34.1 Å². The zero-order chi connectivity index (χ0) is 25.0. The van der Waals surface area contributed by atoms with Crippen molar-refractivity contribution in [2.75, 3.05) is 6.54 Å². The molecule has 3 aromatic rings. The third-order valence-electron chi connectivity index (χ3n) is 5.77. The van der Waals surface area contributed by atoms with E-state index in [2.05, 4.69) is 40.3 Å². The summed E-state index contributed by atoms with van der Waals surface area (Å²) in [7, 11) is -3.94. The van der Waals surface area contributed by atoms with Crippen LogP contribution in [0.25, 0.3) is 0 Å². The summed E-state index contributed by atoms with van der Waals surface area (Å²) in [6.07, 6.45) is 0. The van der Waals surface area contributed by atoms with Crippen molar-refractivity contribution in [1.29, 1.82) is 0 Å². The zero-order valence-corrected chi connectivity index (χ0v) is 22.8. The third-order valence-corrected chi connectivity index (χ3v) is 8.36. The van der Waals surface area contributed by atoms with Crippen molar-refractivity contribution >= 4 is 43.5 Å². The minimum Gasteiger partial charge on any atom is -0.348 e. The fourth-order valence-electron chi connectivity index (χ4n) is 3.75. The highest BCUT2D eigenvalue weighted by atomic mass is 79.9. The van der Waals surface area contributed by atoms with Crippen LogP contribution < -0.4 is 5.32 Å². The van der Waals surface area contributed by atoms with Gasteiger partial charge in [0.1, 0.15) is 0 Å². The molecular formula is C26H28BrClN2O3S. The standard InChI is InChI=1S/C26H28BrClN2O3S/c1-17-13-19(3)25(14-18(17)2)20(4)29-26(31)16-30(15-21-5-7-22(27)8-6-21)34(32,33)24-11-9-23(28)10-12-24/h5-14,20H,15-16H2,1-4H3,(H,29,31)/t20-/m0/s1. The second-order valence-electron chi connectivity index (χ2n) is 8.44. The molecule has 0 aliphatic carbocycles. The highest BCUT2D eigenvalue weighted by molar-refractivity contribution is 9.10. The molecule has 0 saturated heterocycles. The Bertz CT molecular complexity index is 1280. The molecular weight excluding hydrogens is 536 g/mol. The number of hydrogen-bond acceptors (Lipinski definition) is 3. The van der Waals surface area contributed by atoms with Crippen LogP contribution in [-0.2, 0) is 21.4 Å². The molecule has 34 heavy (non-hydrogen) atoms. The number of hydrogen-bond donors (Lipinski definition) is 1. The molecule has 0 radical (unpaired) electrons. The van der Waals surface area contributed by atoms with Crippen LogP contribution in [0, 0.1) is 20.8 Å². The highest BCUT2D eigenvalue weighted by Crippen LogP contribution is 2.23. The number of sulfonamides is 1. The Morgan fingerprint density at radius 3 is 2.18 bits per heavy atom. The van der Waals surface area contributed by atoms with Crippen molar-refractivity contribution in [3.05, 3.63) is 98.0 Å². The van der Waals surface area contributed by atoms with Gasteiger partial charge in [0.05, 0.1) is 17.5 Å². The highest BCUT2D eigenvalue weighted by Gasteiger charge is 2.27. The molecule has 1 amide bonds. The molecule has 0 spiro atoms. The van der Waals surface area contributed by atoms with Crippen LogP contribution >= 0.6 is 27.5 Å². The smallest absolute Gasteiger partial charge is 0.243 e. The Kier molecular flexibility index (Phi) is 8.57. The third kappa shape index (κ3) is 6.48. The van der Waals surface area contributed by atoms with Gasteiger partial charge in [-0.15, -0.1) is 0 Å². The molecule has 0 fully saturated rings. The molecule has 0 heterocycles. The summed E-state index contributed by atoms with van der Waals surface area (Å²) >= 11 is 9.33. The van der Waals surface area contributed by atoms with E-state index in [9.17, 15) is 13.2 Å². The fraction of sp³-hybridized carbons (Fsp3) is 0.269. The molecule has 180 valence electrons. The number of carbonyl (C=O) groups excluding carboxylic acids is 1. The van der Waals surface area contributed by atoms with Gasteiger partial charge in [0.15, 0.2) is 0 Å². The number of nitrogens with one attached hydrogen (secondary N) is 1. The summed E-state index contributed by atoms with van der Waals surface area (Å²) in [5.41, 5.74) is 5.19. The van der Waals surface area contributed by atoms with Gasteiger partial charge in [0, 0.05) is 16.0 Å². The van der Waals surface area contributed by atoms with Crippen molar-refractivity contribution in [2.24, 2.45) is 0 Å². The predicted molar refractivity (Wildman–Crippen MR) is 140 cm³/mol. The lowest BCUT2D eigenvalue weighted by atomic mass is 9.96. The average molecular weight is 564 g/mol. The van der Waals surface area contributed by atoms with Crippen molar-refractivity contribution in [3.63, 3.8) is 0 Å². The maximum absolute atomic E-state index is 13.4. The monoisotopic (exact) mass is 562 g/mol. The topological polar surface area (TPSA) is 66.5 Å². The molecule has 8 heteroatoms. The molecule has 5 nitrogen and oxygen atoms in total. The maximum atomic E-state index is 13.4. The molecule has 0 unspecified atom stereocenters. The van der Waals surface area contributed by atoms with Crippen LogP contribution in [0.15, 0.2) is 70.0 Å². The molecule has 1 N–H and O–H groups in total. The lowest BCUT2D eigenvalue weighted by Crippen LogP contribution is -2.41. The quantitative estimate of drug-likeness (QED) is 0.360. The summed E-state index contributed by atoms with van der Waals surface area (Å²) in [4.78, 5) is 13.1. The number of nitrogens with zero attached hydrogens (tertiary/aromatic N) is 1. The maximum Gasteiger partial charge on any atom is 0.243 e. The molecule has 0 aliphatic heterocycles. The van der Waals surface area contributed by atoms with E-state index in [0.717, 1.165) is 26.7 Å². The van der Waals surface area contributed by atoms with Gasteiger partial charge in [-0.3, -0.25) is 4.79 Å². The summed E-state index contributed by atoms with van der Waals surface area (Å²) in [6.45, 7) is 7.75. The number of benzene rings is 3. The van der Waals surface area contributed by atoms with Crippen molar-refractivity contribution in [3.8, 4) is 0 Å². The lowest BCUT2D eigenvalue weighted by molar-refractivity contribution is -0.122. The van der Waals surface area contributed by atoms with Gasteiger partial charge >= 0.3 is 0 Å². The molecule has 0 aliphatic rings. The minimum atomic E-state index is -3.94. The van der Waals surface area contributed by atoms with E-state index in [0.29, 0.717) is 5.02 Å². The van der Waals surface area contributed by atoms with E-state index in [1.807, 2.05) is 45.0 Å². The number of rotatable bonds is 8. The van der Waals surface area contributed by atoms with E-state index >= 15 is 0 Å². The van der Waals surface area contributed by atoms with Crippen molar-refractivity contribution < 1.29 is 13.2 Å². The number of halogens is 2. The van der Waals surface area contributed by atoms with Crippen LogP contribution in [0.3, 0.4) is 0 Å². The van der Waals surface area contributed by atoms with E-state index < -0.39 is 10.0 Å². The Hall–Kier alpha value is -2.19. The fourth-order valence-corrected chi connectivity index (χ4v) is 5.52. The van der Waals surface area contributed by atoms with Crippen LogP contribution in [-0.4, -0.2) is 25.2 Å². The largest absolute Gasteiger partial charge is 0.348 e. The van der Waals surface area contributed by atoms with Crippen molar-refractivity contribution in [1.82, 2.24) is 9.62 Å². The first kappa shape index (κ1) is 26.4. The van der Waals surface area contributed by atoms with Gasteiger partial charge in [-0.05, 0) is 91.9 Å². The van der Waals surface area contributed by atoms with Gasteiger partial charge in [-0.25, -0.2) is 8.42 Å². The number of amides is 1. The van der Waals surface area contributed by atoms with Gasteiger partial charge in [-0.2, -0.15) is 4.31 Å². The van der Waals surface area contributed by atoms with E-state index in [-0.39, 0.29) is 29.9 Å². The van der Waals surface area contributed by atoms with Crippen LogP contribution in [0.4, 0.5) is 0 Å². The van der Waals surface area contributed by atoms with Crippen LogP contribution in [0.1, 0.15) is 40.8 Å². The second kappa shape index (κ2) is 11.0. The Morgan fingerprint density at radius 2 is 1.56 bits per heavy atom. The zero-order valence-electron chi connectivity index (χ0n) is 19.6. The van der Waals surface area contributed by atoms with E-state index in [1.54, 1.807) is 0 Å². The molecule has 0 bridgehead atoms. The predicted octanol–water partition coefficient (Wildman–Crippen LogP) is 6.10. The summed E-state index contributed by atoms with van der Waals surface area (Å²) < 4.78 is 28.9. The SMILES string of the molecule is Cc1cc(C)c([C@H](C)NC(=O)CN(Cc2ccc(Br)cc2)S(=O)(=O)c2ccc(Cl)cc2)cc1C. The van der Waals surface area contributed by atoms with Crippen LogP contribution in [0.2, 0.25) is 5.02 Å². The first-order valence-corrected chi connectivity index (χ1v) is 13.5. The molecule has 3 aromatic carbocycles. The molecule has 0 saturated carbocycles. The Morgan fingerprint density at radius 1 is 0.971 bits per heavy atom. The second-order valence-corrected chi connectivity index (χ2v) is 11.7. The Balaban J connectivity index is 1.85. The lowest BCUT2D eigenvalue weighted by Gasteiger charge is -2.24. The van der Waals surface area contributed by atoms with Gasteiger partial charge in [0.25, 0.3) is 0 Å². The molecule has 1 atom stereocenters. The van der Waals surface area contributed by atoms with Crippen molar-refractivity contribution in [2.45, 2.75) is 45.2 Å². The van der Waals surface area contributed by atoms with Crippen LogP contribution in [0.5, 0.6) is 0 Å². The van der Waals surface area contributed by atoms with Gasteiger partial charge in [0.2, 0.25) is 15.9 Å². The van der Waals surface area contributed by atoms with Gasteiger partial charge < -0.3 is 5.32 Å². The molecule has 0 aromatic heterocycles. The summed E-state index contributed by atoms with van der Waals surface area (Å²) in [5, 5.41) is 3.41. The number of carbonyl (C=O) groups is 1. The summed E-state index contributed by atoms with van der Waals surface area (Å²) in [6, 6.07) is 17.2. The first-order valence-electron chi connectivity index (χ1n) is 10.8. The first-order chi connectivity index (χ1) is 16.0.